The van der Waals surface area contributed by atoms with Crippen molar-refractivity contribution in [1.29, 1.82) is 0 Å². The average Bonchev–Trinajstić information content (AvgIpc) is 2.17. The zero-order chi connectivity index (χ0) is 11.4. The van der Waals surface area contributed by atoms with Gasteiger partial charge in [0.25, 0.3) is 11.4 Å². The smallest absolute Gasteiger partial charge is 0.276 e. The average molecular weight is 210 g/mol. The van der Waals surface area contributed by atoms with Gasteiger partial charge in [-0.3, -0.25) is 25.0 Å². The molecule has 0 aliphatic carbocycles. The Morgan fingerprint density at radius 2 is 1.87 bits per heavy atom. The lowest BCUT2D eigenvalue weighted by molar-refractivity contribution is -0.388. The van der Waals surface area contributed by atoms with Gasteiger partial charge in [-0.05, 0) is 0 Å². The van der Waals surface area contributed by atoms with Crippen molar-refractivity contribution >= 4 is 23.5 Å². The third kappa shape index (κ3) is 2.24. The fraction of sp³-hybridized carbons (Fsp3) is 0. The van der Waals surface area contributed by atoms with E-state index in [1.807, 2.05) is 0 Å². The Morgan fingerprint density at radius 1 is 1.20 bits per heavy atom. The van der Waals surface area contributed by atoms with Crippen LogP contribution in [0.2, 0.25) is 0 Å². The predicted octanol–water partition coefficient (Wildman–Crippen LogP) is 0.895. The molecule has 0 aliphatic rings. The number of hydrogen-bond donors (Lipinski definition) is 0. The molecule has 0 unspecified atom stereocenters. The van der Waals surface area contributed by atoms with Gasteiger partial charge in [0.05, 0.1) is 9.85 Å². The van der Waals surface area contributed by atoms with E-state index in [-0.39, 0.29) is 17.8 Å². The minimum Gasteiger partial charge on any atom is -0.276 e. The van der Waals surface area contributed by atoms with Gasteiger partial charge in [-0.1, -0.05) is 0 Å². The molecule has 0 aliphatic heterocycles. The minimum absolute atomic E-state index is 0.0893. The highest BCUT2D eigenvalue weighted by Crippen LogP contribution is 2.28. The molecule has 8 nitrogen and oxygen atoms in total. The normalized spacial score (nSPS) is 9.33. The van der Waals surface area contributed by atoms with Crippen LogP contribution in [0.1, 0.15) is 0 Å². The summed E-state index contributed by atoms with van der Waals surface area (Å²) in [6.45, 7) is 0. The van der Waals surface area contributed by atoms with Gasteiger partial charge < -0.3 is 0 Å². The van der Waals surface area contributed by atoms with Crippen LogP contribution < -0.4 is 5.32 Å². The molecule has 1 aromatic carbocycles. The number of amides is 1. The molecule has 0 spiro atoms. The number of rotatable bonds is 4. The van der Waals surface area contributed by atoms with E-state index in [9.17, 15) is 25.0 Å². The van der Waals surface area contributed by atoms with Crippen molar-refractivity contribution in [2.45, 2.75) is 0 Å². The first-order valence-corrected chi connectivity index (χ1v) is 3.63. The van der Waals surface area contributed by atoms with E-state index in [4.69, 9.17) is 0 Å². The van der Waals surface area contributed by atoms with Crippen molar-refractivity contribution in [3.63, 3.8) is 0 Å². The second-order valence-electron chi connectivity index (χ2n) is 2.42. The van der Waals surface area contributed by atoms with E-state index in [0.717, 1.165) is 18.2 Å². The Hall–Kier alpha value is -2.51. The van der Waals surface area contributed by atoms with Crippen LogP contribution in [0.25, 0.3) is 0 Å². The summed E-state index contributed by atoms with van der Waals surface area (Å²) in [5.74, 6) is 0. The molecule has 0 bridgehead atoms. The summed E-state index contributed by atoms with van der Waals surface area (Å²) in [4.78, 5) is 29.4. The number of nitro benzene ring substituents is 2. The highest BCUT2D eigenvalue weighted by atomic mass is 16.6. The lowest BCUT2D eigenvalue weighted by Gasteiger charge is -1.97. The summed E-state index contributed by atoms with van der Waals surface area (Å²) in [5.41, 5.74) is -1.14. The molecular formula is C7H4N3O5. The Balaban J connectivity index is 3.25. The number of nitrogens with zero attached hydrogens (tertiary/aromatic N) is 3. The first kappa shape index (κ1) is 10.6. The van der Waals surface area contributed by atoms with Crippen molar-refractivity contribution in [3.8, 4) is 0 Å². The maximum Gasteiger partial charge on any atom is 0.295 e. The minimum atomic E-state index is -0.772. The molecule has 0 atom stereocenters. The summed E-state index contributed by atoms with van der Waals surface area (Å²) < 4.78 is 0. The summed E-state index contributed by atoms with van der Waals surface area (Å²) >= 11 is 0. The third-order valence-electron chi connectivity index (χ3n) is 1.56. The Morgan fingerprint density at radius 3 is 2.33 bits per heavy atom. The quantitative estimate of drug-likeness (QED) is 0.415. The Kier molecular flexibility index (Phi) is 2.91. The Labute approximate surface area is 82.8 Å². The van der Waals surface area contributed by atoms with Crippen molar-refractivity contribution < 1.29 is 14.6 Å². The second-order valence-corrected chi connectivity index (χ2v) is 2.42. The standard InChI is InChI=1S/C7H4N3O5/c11-4-8-6-3-5(9(12)13)1-2-7(6)10(14)15/h1-4H. The molecule has 0 N–H and O–H groups in total. The first-order chi connectivity index (χ1) is 7.06. The van der Waals surface area contributed by atoms with Crippen LogP contribution in [-0.4, -0.2) is 16.3 Å². The van der Waals surface area contributed by atoms with E-state index in [1.54, 1.807) is 0 Å². The number of non-ortho nitro benzene ring substituents is 1. The topological polar surface area (TPSA) is 117 Å². The first-order valence-electron chi connectivity index (χ1n) is 3.63. The second kappa shape index (κ2) is 4.13. The van der Waals surface area contributed by atoms with Gasteiger partial charge in [-0.15, -0.1) is 0 Å². The molecule has 0 aromatic heterocycles. The molecule has 0 saturated heterocycles. The van der Waals surface area contributed by atoms with Gasteiger partial charge >= 0.3 is 0 Å². The van der Waals surface area contributed by atoms with Crippen molar-refractivity contribution in [1.82, 2.24) is 5.32 Å². The van der Waals surface area contributed by atoms with Gasteiger partial charge in [0, 0.05) is 18.2 Å². The summed E-state index contributed by atoms with van der Waals surface area (Å²) in [5, 5.41) is 23.9. The van der Waals surface area contributed by atoms with E-state index < -0.39 is 15.5 Å². The number of carbonyl (C=O) groups excluding carboxylic acids is 1. The van der Waals surface area contributed by atoms with Crippen molar-refractivity contribution in [3.05, 3.63) is 38.4 Å². The molecule has 15 heavy (non-hydrogen) atoms. The molecule has 0 heterocycles. The zero-order valence-electron chi connectivity index (χ0n) is 7.19. The van der Waals surface area contributed by atoms with Crippen LogP contribution in [-0.2, 0) is 4.79 Å². The summed E-state index contributed by atoms with van der Waals surface area (Å²) in [6, 6.07) is 2.77. The van der Waals surface area contributed by atoms with Crippen LogP contribution >= 0.6 is 0 Å². The monoisotopic (exact) mass is 210 g/mol. The maximum absolute atomic E-state index is 10.4. The molecule has 1 amide bonds. The molecule has 77 valence electrons. The third-order valence-corrected chi connectivity index (χ3v) is 1.56. The van der Waals surface area contributed by atoms with Crippen LogP contribution in [0.5, 0.6) is 0 Å². The summed E-state index contributed by atoms with van der Waals surface area (Å²) in [7, 11) is 0. The van der Waals surface area contributed by atoms with Gasteiger partial charge in [0.1, 0.15) is 0 Å². The van der Waals surface area contributed by atoms with Crippen LogP contribution in [0.3, 0.4) is 0 Å². The number of carbonyl (C=O) groups is 1. The van der Waals surface area contributed by atoms with Crippen LogP contribution in [0.4, 0.5) is 17.1 Å². The molecule has 1 rings (SSSR count). The van der Waals surface area contributed by atoms with Gasteiger partial charge in [-0.25, -0.2) is 5.32 Å². The molecule has 0 saturated carbocycles. The maximum atomic E-state index is 10.4. The largest absolute Gasteiger partial charge is 0.295 e. The highest BCUT2D eigenvalue weighted by molar-refractivity contribution is 5.69. The molecule has 1 radical (unpaired) electrons. The molecule has 0 fully saturated rings. The lowest BCUT2D eigenvalue weighted by atomic mass is 10.2. The SMILES string of the molecule is O=C[N]c1cc([N+](=O)[O-])ccc1[N+](=O)[O-]. The van der Waals surface area contributed by atoms with Crippen LogP contribution in [0.15, 0.2) is 18.2 Å². The Bertz CT molecular complexity index is 431. The predicted molar refractivity (Wildman–Crippen MR) is 47.6 cm³/mol. The highest BCUT2D eigenvalue weighted by Gasteiger charge is 2.18. The van der Waals surface area contributed by atoms with E-state index in [0.29, 0.717) is 0 Å². The fourth-order valence-corrected chi connectivity index (χ4v) is 0.940. The molecule has 1 aromatic rings. The van der Waals surface area contributed by atoms with Crippen molar-refractivity contribution in [2.24, 2.45) is 0 Å². The van der Waals surface area contributed by atoms with E-state index in [1.165, 1.54) is 0 Å². The van der Waals surface area contributed by atoms with Crippen molar-refractivity contribution in [2.75, 3.05) is 0 Å². The molecule has 8 heteroatoms. The number of nitro groups is 2. The number of benzene rings is 1. The fourth-order valence-electron chi connectivity index (χ4n) is 0.940. The number of hydrogen-bond acceptors (Lipinski definition) is 5. The van der Waals surface area contributed by atoms with Gasteiger partial charge in [0.2, 0.25) is 6.41 Å². The van der Waals surface area contributed by atoms with Crippen LogP contribution in [0, 0.1) is 20.2 Å². The van der Waals surface area contributed by atoms with Gasteiger partial charge in [-0.2, -0.15) is 0 Å². The van der Waals surface area contributed by atoms with E-state index >= 15 is 0 Å². The zero-order valence-corrected chi connectivity index (χ0v) is 7.19. The summed E-state index contributed by atoms with van der Waals surface area (Å²) in [6.07, 6.45) is 0.0893. The molecular weight excluding hydrogens is 206 g/mol. The van der Waals surface area contributed by atoms with E-state index in [2.05, 4.69) is 5.32 Å². The lowest BCUT2D eigenvalue weighted by Crippen LogP contribution is -1.99. The van der Waals surface area contributed by atoms with Gasteiger partial charge in [0.15, 0.2) is 5.69 Å².